The lowest BCUT2D eigenvalue weighted by molar-refractivity contribution is 0.0955. The number of hydrogen-bond acceptors (Lipinski definition) is 5. The second-order valence-electron chi connectivity index (χ2n) is 4.88. The minimum Gasteiger partial charge on any atom is -0.496 e. The van der Waals surface area contributed by atoms with Gasteiger partial charge in [0.05, 0.1) is 25.3 Å². The number of ether oxygens (including phenoxy) is 2. The minimum atomic E-state index is -0.554. The van der Waals surface area contributed by atoms with E-state index < -0.39 is 11.6 Å². The maximum Gasteiger partial charge on any atom is 0.333 e. The topological polar surface area (TPSA) is 99.3 Å². The van der Waals surface area contributed by atoms with Crippen LogP contribution in [0.1, 0.15) is 10.4 Å². The van der Waals surface area contributed by atoms with Gasteiger partial charge in [0, 0.05) is 5.69 Å². The number of nitrogens with two attached hydrogens (primary N) is 1. The molecule has 7 nitrogen and oxygen atoms in total. The quantitative estimate of drug-likeness (QED) is 0.716. The largest absolute Gasteiger partial charge is 0.496 e. The molecule has 0 aliphatic heterocycles. The molecule has 118 valence electrons. The Balaban J connectivity index is 2.29. The summed E-state index contributed by atoms with van der Waals surface area (Å²) < 4.78 is 11.5. The molecule has 0 fully saturated rings. The van der Waals surface area contributed by atoms with Crippen LogP contribution in [0, 0.1) is 0 Å². The number of H-pyrrole nitrogens is 1. The number of carbonyl (C=O) groups excluding carboxylic acids is 1. The molecule has 0 unspecified atom stereocenters. The number of aromatic amines is 1. The number of anilines is 1. The first-order chi connectivity index (χ1) is 11.1. The van der Waals surface area contributed by atoms with Crippen LogP contribution in [0.3, 0.4) is 0 Å². The molecule has 2 aromatic carbocycles. The predicted molar refractivity (Wildman–Crippen MR) is 86.2 cm³/mol. The van der Waals surface area contributed by atoms with Crippen LogP contribution in [-0.2, 0) is 0 Å². The van der Waals surface area contributed by atoms with Crippen molar-refractivity contribution in [1.82, 2.24) is 9.55 Å². The van der Waals surface area contributed by atoms with Crippen LogP contribution in [0.5, 0.6) is 11.5 Å². The first-order valence-corrected chi connectivity index (χ1v) is 6.82. The standard InChI is InChI=1S/C16H15N3O4/c1-22-12-4-3-5-13(23-2)14(12)15(20)19-11-8-9(17)6-7-10(11)18-16(19)21/h3-8H,17H2,1-2H3,(H,18,21). The van der Waals surface area contributed by atoms with Gasteiger partial charge in [-0.05, 0) is 30.3 Å². The molecule has 0 amide bonds. The number of carbonyl (C=O) groups is 1. The number of methoxy groups -OCH3 is 2. The Morgan fingerprint density at radius 2 is 1.78 bits per heavy atom. The maximum absolute atomic E-state index is 13.0. The summed E-state index contributed by atoms with van der Waals surface area (Å²) in [6.07, 6.45) is 0. The van der Waals surface area contributed by atoms with Crippen molar-refractivity contribution in [2.45, 2.75) is 0 Å². The highest BCUT2D eigenvalue weighted by Gasteiger charge is 2.23. The molecular weight excluding hydrogens is 298 g/mol. The van der Waals surface area contributed by atoms with Crippen molar-refractivity contribution in [2.75, 3.05) is 20.0 Å². The lowest BCUT2D eigenvalue weighted by Gasteiger charge is -2.12. The Labute approximate surface area is 131 Å². The van der Waals surface area contributed by atoms with Crippen molar-refractivity contribution < 1.29 is 14.3 Å². The van der Waals surface area contributed by atoms with Crippen molar-refractivity contribution in [3.63, 3.8) is 0 Å². The van der Waals surface area contributed by atoms with Crippen LogP contribution in [-0.4, -0.2) is 29.7 Å². The SMILES string of the molecule is COc1cccc(OC)c1C(=O)n1c(=O)[nH]c2ccc(N)cc21. The van der Waals surface area contributed by atoms with Crippen LogP contribution in [0.15, 0.2) is 41.2 Å². The first-order valence-electron chi connectivity index (χ1n) is 6.82. The van der Waals surface area contributed by atoms with Gasteiger partial charge in [-0.25, -0.2) is 9.36 Å². The zero-order valence-corrected chi connectivity index (χ0v) is 12.6. The molecule has 3 rings (SSSR count). The summed E-state index contributed by atoms with van der Waals surface area (Å²) in [5.41, 5.74) is 6.75. The van der Waals surface area contributed by atoms with Gasteiger partial charge in [-0.15, -0.1) is 0 Å². The fourth-order valence-electron chi connectivity index (χ4n) is 2.50. The third kappa shape index (κ3) is 2.32. The lowest BCUT2D eigenvalue weighted by atomic mass is 10.1. The Morgan fingerprint density at radius 1 is 1.13 bits per heavy atom. The number of nitrogens with zero attached hydrogens (tertiary/aromatic N) is 1. The van der Waals surface area contributed by atoms with Crippen LogP contribution in [0.25, 0.3) is 11.0 Å². The lowest BCUT2D eigenvalue weighted by Crippen LogP contribution is -2.25. The average molecular weight is 313 g/mol. The highest BCUT2D eigenvalue weighted by Crippen LogP contribution is 2.29. The van der Waals surface area contributed by atoms with Gasteiger partial charge in [0.25, 0.3) is 5.91 Å². The van der Waals surface area contributed by atoms with E-state index in [1.807, 2.05) is 0 Å². The molecule has 7 heteroatoms. The number of nitrogen functional groups attached to an aromatic ring is 1. The zero-order chi connectivity index (χ0) is 16.6. The molecule has 23 heavy (non-hydrogen) atoms. The summed E-state index contributed by atoms with van der Waals surface area (Å²) in [6.45, 7) is 0. The predicted octanol–water partition coefficient (Wildman–Crippen LogP) is 1.62. The molecule has 0 spiro atoms. The van der Waals surface area contributed by atoms with Gasteiger partial charge in [0.15, 0.2) is 0 Å². The van der Waals surface area contributed by atoms with E-state index in [0.29, 0.717) is 28.2 Å². The highest BCUT2D eigenvalue weighted by molar-refractivity contribution is 6.05. The van der Waals surface area contributed by atoms with Crippen molar-refractivity contribution >= 4 is 22.6 Å². The number of fused-ring (bicyclic) bond motifs is 1. The smallest absolute Gasteiger partial charge is 0.333 e. The van der Waals surface area contributed by atoms with Crippen LogP contribution >= 0.6 is 0 Å². The fourth-order valence-corrected chi connectivity index (χ4v) is 2.50. The fraction of sp³-hybridized carbons (Fsp3) is 0.125. The van der Waals surface area contributed by atoms with Gasteiger partial charge in [-0.3, -0.25) is 4.79 Å². The summed E-state index contributed by atoms with van der Waals surface area (Å²) in [5.74, 6) is 0.0835. The first kappa shape index (κ1) is 14.7. The van der Waals surface area contributed by atoms with Gasteiger partial charge in [0.2, 0.25) is 0 Å². The minimum absolute atomic E-state index is 0.169. The van der Waals surface area contributed by atoms with Gasteiger partial charge < -0.3 is 20.2 Å². The summed E-state index contributed by atoms with van der Waals surface area (Å²) in [4.78, 5) is 27.8. The van der Waals surface area contributed by atoms with Gasteiger partial charge in [0.1, 0.15) is 17.1 Å². The van der Waals surface area contributed by atoms with E-state index >= 15 is 0 Å². The van der Waals surface area contributed by atoms with Crippen molar-refractivity contribution in [3.05, 3.63) is 52.4 Å². The van der Waals surface area contributed by atoms with Gasteiger partial charge in [-0.1, -0.05) is 6.07 Å². The Bertz CT molecular complexity index is 933. The van der Waals surface area contributed by atoms with E-state index in [0.717, 1.165) is 4.57 Å². The number of nitrogens with one attached hydrogen (secondary N) is 1. The molecule has 0 radical (unpaired) electrons. The van der Waals surface area contributed by atoms with E-state index in [9.17, 15) is 9.59 Å². The van der Waals surface area contributed by atoms with Crippen molar-refractivity contribution in [2.24, 2.45) is 0 Å². The number of aromatic nitrogens is 2. The second kappa shape index (κ2) is 5.53. The second-order valence-corrected chi connectivity index (χ2v) is 4.88. The zero-order valence-electron chi connectivity index (χ0n) is 12.6. The van der Waals surface area contributed by atoms with Crippen LogP contribution < -0.4 is 20.9 Å². The number of imidazole rings is 1. The van der Waals surface area contributed by atoms with Crippen LogP contribution in [0.4, 0.5) is 5.69 Å². The van der Waals surface area contributed by atoms with Crippen molar-refractivity contribution in [3.8, 4) is 11.5 Å². The molecule has 1 heterocycles. The van der Waals surface area contributed by atoms with E-state index in [4.69, 9.17) is 15.2 Å². The number of hydrogen-bond donors (Lipinski definition) is 2. The number of benzene rings is 2. The molecule has 1 aromatic heterocycles. The highest BCUT2D eigenvalue weighted by atomic mass is 16.5. The van der Waals surface area contributed by atoms with E-state index in [1.165, 1.54) is 14.2 Å². The Hall–Kier alpha value is -3.22. The third-order valence-corrected chi connectivity index (χ3v) is 3.55. The normalized spacial score (nSPS) is 10.7. The molecule has 3 aromatic rings. The van der Waals surface area contributed by atoms with E-state index in [2.05, 4.69) is 4.98 Å². The maximum atomic E-state index is 13.0. The molecule has 0 saturated heterocycles. The third-order valence-electron chi connectivity index (χ3n) is 3.55. The molecule has 0 saturated carbocycles. The summed E-state index contributed by atoms with van der Waals surface area (Å²) >= 11 is 0. The van der Waals surface area contributed by atoms with E-state index in [-0.39, 0.29) is 5.56 Å². The van der Waals surface area contributed by atoms with Crippen LogP contribution in [0.2, 0.25) is 0 Å². The summed E-state index contributed by atoms with van der Waals surface area (Å²) in [5, 5.41) is 0. The van der Waals surface area contributed by atoms with Gasteiger partial charge >= 0.3 is 5.69 Å². The van der Waals surface area contributed by atoms with Crippen molar-refractivity contribution in [1.29, 1.82) is 0 Å². The molecule has 3 N–H and O–H groups in total. The Morgan fingerprint density at radius 3 is 2.39 bits per heavy atom. The molecule has 0 atom stereocenters. The number of rotatable bonds is 3. The summed E-state index contributed by atoms with van der Waals surface area (Å²) in [7, 11) is 2.89. The van der Waals surface area contributed by atoms with Gasteiger partial charge in [-0.2, -0.15) is 0 Å². The van der Waals surface area contributed by atoms with E-state index in [1.54, 1.807) is 36.4 Å². The summed E-state index contributed by atoms with van der Waals surface area (Å²) in [6, 6.07) is 9.82. The monoisotopic (exact) mass is 313 g/mol. The molecule has 0 aliphatic rings. The average Bonchev–Trinajstić information content (AvgIpc) is 2.88. The Kier molecular flexibility index (Phi) is 3.53. The molecule has 0 bridgehead atoms. The molecule has 0 aliphatic carbocycles. The molecular formula is C16H15N3O4.